The second-order valence-corrected chi connectivity index (χ2v) is 4.13. The van der Waals surface area contributed by atoms with Gasteiger partial charge in [-0.1, -0.05) is 33.6 Å². The molecular formula is C9H17. The smallest absolute Gasteiger partial charge is 0.0352 e. The lowest BCUT2D eigenvalue weighted by Crippen LogP contribution is -2.20. The van der Waals surface area contributed by atoms with Crippen molar-refractivity contribution in [1.82, 2.24) is 0 Å². The second kappa shape index (κ2) is 2.32. The molecule has 0 aliphatic heterocycles. The molecule has 0 saturated heterocycles. The molecule has 1 rings (SSSR count). The molecule has 1 radical (unpaired) electrons. The van der Waals surface area contributed by atoms with E-state index in [1.165, 1.54) is 25.7 Å². The van der Waals surface area contributed by atoms with E-state index in [1.807, 2.05) is 0 Å². The largest absolute Gasteiger partial charge is 0.0599 e. The van der Waals surface area contributed by atoms with Gasteiger partial charge in [-0.05, 0) is 24.2 Å². The van der Waals surface area contributed by atoms with Crippen molar-refractivity contribution >= 4 is 0 Å². The maximum atomic E-state index is 4.09. The summed E-state index contributed by atoms with van der Waals surface area (Å²) < 4.78 is 0. The second-order valence-electron chi connectivity index (χ2n) is 4.13. The van der Waals surface area contributed by atoms with Crippen molar-refractivity contribution in [3.8, 4) is 0 Å². The van der Waals surface area contributed by atoms with Gasteiger partial charge in [-0.15, -0.1) is 0 Å². The monoisotopic (exact) mass is 125 g/mol. The fourth-order valence-corrected chi connectivity index (χ4v) is 1.85. The number of hydrogen-bond donors (Lipinski definition) is 0. The Labute approximate surface area is 58.7 Å². The lowest BCUT2D eigenvalue weighted by atomic mass is 9.73. The third-order valence-corrected chi connectivity index (χ3v) is 2.31. The van der Waals surface area contributed by atoms with Gasteiger partial charge in [0, 0.05) is 0 Å². The molecule has 0 nitrogen and oxygen atoms in total. The zero-order valence-electron chi connectivity index (χ0n) is 6.61. The van der Waals surface area contributed by atoms with Crippen molar-refractivity contribution in [2.75, 3.05) is 0 Å². The zero-order valence-corrected chi connectivity index (χ0v) is 6.61. The summed E-state index contributed by atoms with van der Waals surface area (Å²) in [6.07, 6.45) is 5.47. The van der Waals surface area contributed by atoms with Crippen LogP contribution in [0.4, 0.5) is 0 Å². The standard InChI is InChI=1S/C9H17/c1-8-5-4-6-9(2,3)7-8/h8H,1,4-7H2,2-3H3. The van der Waals surface area contributed by atoms with Crippen LogP contribution in [0.15, 0.2) is 0 Å². The highest BCUT2D eigenvalue weighted by atomic mass is 14.3. The molecule has 9 heavy (non-hydrogen) atoms. The average Bonchev–Trinajstić information content (AvgIpc) is 1.60. The summed E-state index contributed by atoms with van der Waals surface area (Å²) in [4.78, 5) is 0. The van der Waals surface area contributed by atoms with Crippen molar-refractivity contribution in [2.45, 2.75) is 39.5 Å². The Morgan fingerprint density at radius 1 is 1.44 bits per heavy atom. The fraction of sp³-hybridized carbons (Fsp3) is 0.889. The molecule has 53 valence electrons. The Kier molecular flexibility index (Phi) is 1.83. The molecule has 0 aromatic carbocycles. The summed E-state index contributed by atoms with van der Waals surface area (Å²) >= 11 is 0. The van der Waals surface area contributed by atoms with E-state index in [-0.39, 0.29) is 0 Å². The lowest BCUT2D eigenvalue weighted by molar-refractivity contribution is 0.205. The Morgan fingerprint density at radius 2 is 2.11 bits per heavy atom. The molecule has 1 aliphatic carbocycles. The van der Waals surface area contributed by atoms with Gasteiger partial charge in [0.15, 0.2) is 0 Å². The first kappa shape index (κ1) is 7.11. The van der Waals surface area contributed by atoms with Crippen molar-refractivity contribution < 1.29 is 0 Å². The van der Waals surface area contributed by atoms with Crippen LogP contribution in [0, 0.1) is 18.3 Å². The van der Waals surface area contributed by atoms with Gasteiger partial charge in [-0.25, -0.2) is 0 Å². The van der Waals surface area contributed by atoms with Crippen LogP contribution in [0.1, 0.15) is 39.5 Å². The van der Waals surface area contributed by atoms with Gasteiger partial charge in [-0.2, -0.15) is 0 Å². The molecule has 1 atom stereocenters. The summed E-state index contributed by atoms with van der Waals surface area (Å²) in [6, 6.07) is 0. The van der Waals surface area contributed by atoms with Gasteiger partial charge < -0.3 is 0 Å². The van der Waals surface area contributed by atoms with E-state index in [0.29, 0.717) is 5.41 Å². The maximum Gasteiger partial charge on any atom is -0.0352 e. The summed E-state index contributed by atoms with van der Waals surface area (Å²) in [5.41, 5.74) is 0.588. The highest BCUT2D eigenvalue weighted by molar-refractivity contribution is 4.79. The summed E-state index contributed by atoms with van der Waals surface area (Å²) in [5, 5.41) is 0. The van der Waals surface area contributed by atoms with Gasteiger partial charge in [0.2, 0.25) is 0 Å². The fourth-order valence-electron chi connectivity index (χ4n) is 1.85. The first-order valence-electron chi connectivity index (χ1n) is 3.93. The van der Waals surface area contributed by atoms with E-state index >= 15 is 0 Å². The molecule has 0 heteroatoms. The van der Waals surface area contributed by atoms with Crippen LogP contribution in [0.3, 0.4) is 0 Å². The van der Waals surface area contributed by atoms with Crippen LogP contribution in [0.2, 0.25) is 0 Å². The predicted octanol–water partition coefficient (Wildman–Crippen LogP) is 3.04. The van der Waals surface area contributed by atoms with E-state index in [2.05, 4.69) is 20.8 Å². The zero-order chi connectivity index (χ0) is 6.91. The average molecular weight is 125 g/mol. The maximum absolute atomic E-state index is 4.09. The molecule has 0 amide bonds. The van der Waals surface area contributed by atoms with Crippen molar-refractivity contribution in [3.05, 3.63) is 6.92 Å². The Hall–Kier alpha value is 0. The van der Waals surface area contributed by atoms with Crippen LogP contribution in [-0.2, 0) is 0 Å². The Morgan fingerprint density at radius 3 is 2.44 bits per heavy atom. The van der Waals surface area contributed by atoms with Crippen LogP contribution in [0.5, 0.6) is 0 Å². The molecule has 0 heterocycles. The van der Waals surface area contributed by atoms with Crippen molar-refractivity contribution in [3.63, 3.8) is 0 Å². The van der Waals surface area contributed by atoms with E-state index in [4.69, 9.17) is 0 Å². The molecule has 0 aromatic heterocycles. The molecule has 1 aliphatic rings. The molecular weight excluding hydrogens is 108 g/mol. The SMILES string of the molecule is [CH2]C1CCCC(C)(C)C1. The highest BCUT2D eigenvalue weighted by Crippen LogP contribution is 2.37. The summed E-state index contributed by atoms with van der Waals surface area (Å²) in [6.45, 7) is 8.80. The van der Waals surface area contributed by atoms with Gasteiger partial charge in [0.05, 0.1) is 0 Å². The van der Waals surface area contributed by atoms with Crippen molar-refractivity contribution in [1.29, 1.82) is 0 Å². The van der Waals surface area contributed by atoms with Crippen LogP contribution >= 0.6 is 0 Å². The minimum absolute atomic E-state index is 0.588. The quantitative estimate of drug-likeness (QED) is 0.467. The number of rotatable bonds is 0. The summed E-state index contributed by atoms with van der Waals surface area (Å²) in [5.74, 6) is 0.730. The van der Waals surface area contributed by atoms with Gasteiger partial charge >= 0.3 is 0 Å². The Bertz CT molecular complexity index is 92.2. The first-order valence-corrected chi connectivity index (χ1v) is 3.93. The van der Waals surface area contributed by atoms with Crippen LogP contribution in [0.25, 0.3) is 0 Å². The predicted molar refractivity (Wildman–Crippen MR) is 41.1 cm³/mol. The van der Waals surface area contributed by atoms with E-state index in [9.17, 15) is 0 Å². The summed E-state index contributed by atoms with van der Waals surface area (Å²) in [7, 11) is 0. The molecule has 1 fully saturated rings. The Balaban J connectivity index is 2.41. The van der Waals surface area contributed by atoms with Crippen LogP contribution < -0.4 is 0 Å². The lowest BCUT2D eigenvalue weighted by Gasteiger charge is -2.33. The topological polar surface area (TPSA) is 0 Å². The minimum Gasteiger partial charge on any atom is -0.0599 e. The van der Waals surface area contributed by atoms with Gasteiger partial charge in [0.1, 0.15) is 0 Å². The minimum atomic E-state index is 0.588. The normalized spacial score (nSPS) is 34.3. The van der Waals surface area contributed by atoms with E-state index in [1.54, 1.807) is 0 Å². The molecule has 1 unspecified atom stereocenters. The number of hydrogen-bond acceptors (Lipinski definition) is 0. The van der Waals surface area contributed by atoms with E-state index < -0.39 is 0 Å². The van der Waals surface area contributed by atoms with Gasteiger partial charge in [0.25, 0.3) is 0 Å². The first-order chi connectivity index (χ1) is 4.10. The highest BCUT2D eigenvalue weighted by Gasteiger charge is 2.24. The molecule has 1 saturated carbocycles. The molecule has 0 spiro atoms. The van der Waals surface area contributed by atoms with E-state index in [0.717, 1.165) is 5.92 Å². The third-order valence-electron chi connectivity index (χ3n) is 2.31. The molecule has 0 bridgehead atoms. The van der Waals surface area contributed by atoms with Gasteiger partial charge in [-0.3, -0.25) is 0 Å². The molecule has 0 aromatic rings. The molecule has 0 N–H and O–H groups in total. The van der Waals surface area contributed by atoms with Crippen molar-refractivity contribution in [2.24, 2.45) is 11.3 Å². The van der Waals surface area contributed by atoms with Crippen LogP contribution in [-0.4, -0.2) is 0 Å². The third kappa shape index (κ3) is 2.00.